The molecule has 21 heavy (non-hydrogen) atoms. The lowest BCUT2D eigenvalue weighted by atomic mass is 10.2. The maximum Gasteiger partial charge on any atom is 0.201 e. The summed E-state index contributed by atoms with van der Waals surface area (Å²) in [6.45, 7) is 2.18. The summed E-state index contributed by atoms with van der Waals surface area (Å²) < 4.78 is 50.7. The van der Waals surface area contributed by atoms with E-state index in [0.717, 1.165) is 12.1 Å². The van der Waals surface area contributed by atoms with Crippen molar-refractivity contribution in [2.24, 2.45) is 0 Å². The fourth-order valence-corrected chi connectivity index (χ4v) is 1.64. The topological polar surface area (TPSA) is 44.5 Å². The largest absolute Gasteiger partial charge is 0.490 e. The Bertz CT molecular complexity index is 647. The highest BCUT2D eigenvalue weighted by atomic mass is 19.2. The molecule has 0 aromatic heterocycles. The molecule has 0 atom stereocenters. The van der Waals surface area contributed by atoms with E-state index in [1.165, 1.54) is 18.2 Å². The molecule has 0 unspecified atom stereocenters. The fraction of sp³-hybridized carbons (Fsp3) is 0.200. The van der Waals surface area contributed by atoms with Crippen LogP contribution in [0.2, 0.25) is 0 Å². The van der Waals surface area contributed by atoms with Crippen LogP contribution in [-0.4, -0.2) is 6.61 Å². The molecule has 0 heterocycles. The van der Waals surface area contributed by atoms with Gasteiger partial charge in [-0.3, -0.25) is 0 Å². The van der Waals surface area contributed by atoms with Crippen LogP contribution in [0.25, 0.3) is 0 Å². The van der Waals surface area contributed by atoms with Crippen molar-refractivity contribution in [3.63, 3.8) is 0 Å². The van der Waals surface area contributed by atoms with Crippen LogP contribution in [0.3, 0.4) is 0 Å². The molecule has 2 rings (SSSR count). The first-order valence-corrected chi connectivity index (χ1v) is 6.36. The maximum absolute atomic E-state index is 13.6. The van der Waals surface area contributed by atoms with Crippen LogP contribution in [0.4, 0.5) is 18.9 Å². The van der Waals surface area contributed by atoms with Crippen LogP contribution in [0.5, 0.6) is 17.2 Å². The van der Waals surface area contributed by atoms with Gasteiger partial charge in [0.05, 0.1) is 12.3 Å². The molecule has 0 bridgehead atoms. The lowest BCUT2D eigenvalue weighted by Crippen LogP contribution is -2.01. The molecule has 0 fully saturated rings. The highest BCUT2D eigenvalue weighted by Crippen LogP contribution is 2.34. The van der Waals surface area contributed by atoms with Crippen LogP contribution < -0.4 is 15.2 Å². The lowest BCUT2D eigenvalue weighted by Gasteiger charge is -2.12. The number of halogens is 3. The van der Waals surface area contributed by atoms with Gasteiger partial charge in [-0.2, -0.15) is 4.39 Å². The molecule has 0 saturated carbocycles. The minimum atomic E-state index is -1.14. The van der Waals surface area contributed by atoms with Gasteiger partial charge in [-0.05, 0) is 18.6 Å². The van der Waals surface area contributed by atoms with Crippen molar-refractivity contribution in [3.05, 3.63) is 47.8 Å². The van der Waals surface area contributed by atoms with Crippen molar-refractivity contribution in [1.82, 2.24) is 0 Å². The predicted octanol–water partition coefficient (Wildman–Crippen LogP) is 4.27. The fourth-order valence-electron chi connectivity index (χ4n) is 1.64. The Morgan fingerprint density at radius 2 is 1.76 bits per heavy atom. The molecular formula is C15H14F3NO2. The Kier molecular flexibility index (Phi) is 4.57. The Morgan fingerprint density at radius 1 is 1.00 bits per heavy atom. The number of rotatable bonds is 5. The smallest absolute Gasteiger partial charge is 0.201 e. The third kappa shape index (κ3) is 3.39. The summed E-state index contributed by atoms with van der Waals surface area (Å²) in [6, 6.07) is 5.73. The average Bonchev–Trinajstić information content (AvgIpc) is 2.45. The minimum absolute atomic E-state index is 0.00740. The van der Waals surface area contributed by atoms with E-state index in [2.05, 4.69) is 0 Å². The van der Waals surface area contributed by atoms with E-state index in [9.17, 15) is 13.2 Å². The summed E-state index contributed by atoms with van der Waals surface area (Å²) in [5.74, 6) is -3.24. The van der Waals surface area contributed by atoms with Crippen LogP contribution in [0.1, 0.15) is 13.3 Å². The molecule has 0 aliphatic heterocycles. The highest BCUT2D eigenvalue weighted by molar-refractivity contribution is 5.57. The van der Waals surface area contributed by atoms with Crippen LogP contribution in [-0.2, 0) is 0 Å². The van der Waals surface area contributed by atoms with E-state index in [1.807, 2.05) is 6.92 Å². The molecule has 0 aliphatic carbocycles. The van der Waals surface area contributed by atoms with E-state index >= 15 is 0 Å². The van der Waals surface area contributed by atoms with E-state index in [1.54, 1.807) is 0 Å². The van der Waals surface area contributed by atoms with Crippen molar-refractivity contribution in [2.75, 3.05) is 12.3 Å². The van der Waals surface area contributed by atoms with Crippen LogP contribution >= 0.6 is 0 Å². The third-order valence-corrected chi connectivity index (χ3v) is 2.66. The zero-order valence-corrected chi connectivity index (χ0v) is 11.3. The second-order valence-electron chi connectivity index (χ2n) is 4.32. The molecule has 2 N–H and O–H groups in total. The SMILES string of the molecule is CCCOc1cc(Oc2cccc(F)c2F)c(N)cc1F. The van der Waals surface area contributed by atoms with E-state index in [-0.39, 0.29) is 22.9 Å². The zero-order valence-electron chi connectivity index (χ0n) is 11.3. The predicted molar refractivity (Wildman–Crippen MR) is 73.0 cm³/mol. The summed E-state index contributed by atoms with van der Waals surface area (Å²) in [6.07, 6.45) is 0.693. The van der Waals surface area contributed by atoms with Gasteiger partial charge >= 0.3 is 0 Å². The first-order valence-electron chi connectivity index (χ1n) is 6.36. The lowest BCUT2D eigenvalue weighted by molar-refractivity contribution is 0.299. The molecule has 112 valence electrons. The second kappa shape index (κ2) is 6.39. The Morgan fingerprint density at radius 3 is 2.48 bits per heavy atom. The molecule has 0 spiro atoms. The van der Waals surface area contributed by atoms with Gasteiger partial charge in [0.1, 0.15) is 0 Å². The van der Waals surface area contributed by atoms with Gasteiger partial charge in [0.2, 0.25) is 5.82 Å². The van der Waals surface area contributed by atoms with Gasteiger partial charge in [0.25, 0.3) is 0 Å². The minimum Gasteiger partial charge on any atom is -0.490 e. The summed E-state index contributed by atoms with van der Waals surface area (Å²) >= 11 is 0. The van der Waals surface area contributed by atoms with Gasteiger partial charge in [-0.25, -0.2) is 8.78 Å². The van der Waals surface area contributed by atoms with Crippen LogP contribution in [0.15, 0.2) is 30.3 Å². The number of nitrogen functional groups attached to an aromatic ring is 1. The number of hydrogen-bond acceptors (Lipinski definition) is 3. The van der Waals surface area contributed by atoms with Gasteiger partial charge in [-0.1, -0.05) is 13.0 Å². The number of hydrogen-bond donors (Lipinski definition) is 1. The van der Waals surface area contributed by atoms with Gasteiger partial charge in [0.15, 0.2) is 28.9 Å². The van der Waals surface area contributed by atoms with Crippen molar-refractivity contribution in [2.45, 2.75) is 13.3 Å². The summed E-state index contributed by atoms with van der Waals surface area (Å²) in [5.41, 5.74) is 5.58. The third-order valence-electron chi connectivity index (χ3n) is 2.66. The Labute approximate surface area is 120 Å². The summed E-state index contributed by atoms with van der Waals surface area (Å²) in [7, 11) is 0. The second-order valence-corrected chi connectivity index (χ2v) is 4.32. The average molecular weight is 297 g/mol. The van der Waals surface area contributed by atoms with Crippen molar-refractivity contribution >= 4 is 5.69 Å². The number of benzene rings is 2. The van der Waals surface area contributed by atoms with E-state index in [0.29, 0.717) is 13.0 Å². The molecular weight excluding hydrogens is 283 g/mol. The summed E-state index contributed by atoms with van der Waals surface area (Å²) in [5, 5.41) is 0. The first-order chi connectivity index (χ1) is 10.0. The Balaban J connectivity index is 2.33. The first kappa shape index (κ1) is 15.0. The zero-order chi connectivity index (χ0) is 15.4. The van der Waals surface area contributed by atoms with E-state index in [4.69, 9.17) is 15.2 Å². The molecule has 0 radical (unpaired) electrons. The monoisotopic (exact) mass is 297 g/mol. The number of ether oxygens (including phenoxy) is 2. The molecule has 0 saturated heterocycles. The number of anilines is 1. The normalized spacial score (nSPS) is 10.5. The summed E-state index contributed by atoms with van der Waals surface area (Å²) in [4.78, 5) is 0. The van der Waals surface area contributed by atoms with Gasteiger partial charge < -0.3 is 15.2 Å². The highest BCUT2D eigenvalue weighted by Gasteiger charge is 2.14. The molecule has 2 aromatic rings. The molecule has 6 heteroatoms. The maximum atomic E-state index is 13.6. The molecule has 0 amide bonds. The number of nitrogens with two attached hydrogens (primary N) is 1. The van der Waals surface area contributed by atoms with Gasteiger partial charge in [0, 0.05) is 12.1 Å². The van der Waals surface area contributed by atoms with Crippen molar-refractivity contribution < 1.29 is 22.6 Å². The Hall–Kier alpha value is -2.37. The van der Waals surface area contributed by atoms with E-state index < -0.39 is 17.5 Å². The molecule has 3 nitrogen and oxygen atoms in total. The standard InChI is InChI=1S/C15H14F3NO2/c1-2-6-20-13-8-14(11(19)7-10(13)17)21-12-5-3-4-9(16)15(12)18/h3-5,7-8H,2,6,19H2,1H3. The molecule has 2 aromatic carbocycles. The van der Waals surface area contributed by atoms with Crippen molar-refractivity contribution in [3.8, 4) is 17.2 Å². The molecule has 0 aliphatic rings. The quantitative estimate of drug-likeness (QED) is 0.838. The van der Waals surface area contributed by atoms with Crippen molar-refractivity contribution in [1.29, 1.82) is 0 Å². The van der Waals surface area contributed by atoms with Crippen LogP contribution in [0, 0.1) is 17.5 Å². The van der Waals surface area contributed by atoms with Gasteiger partial charge in [-0.15, -0.1) is 0 Å².